The van der Waals surface area contributed by atoms with Crippen molar-refractivity contribution in [1.29, 1.82) is 0 Å². The summed E-state index contributed by atoms with van der Waals surface area (Å²) in [4.78, 5) is 20.4. The highest BCUT2D eigenvalue weighted by molar-refractivity contribution is 5.92. The number of anilines is 1. The number of rotatable bonds is 10. The molecule has 7 nitrogen and oxygen atoms in total. The number of hydrogen-bond donors (Lipinski definition) is 2. The van der Waals surface area contributed by atoms with Crippen LogP contribution < -0.4 is 20.1 Å². The SMILES string of the molecule is COc1ccc(CCNc2cc(C(=O)NCCC(C)C)ncn2)cc1OC. The first-order chi connectivity index (χ1) is 13.0. The van der Waals surface area contributed by atoms with Gasteiger partial charge in [-0.05, 0) is 36.5 Å². The molecular formula is C20H28N4O3. The molecule has 0 atom stereocenters. The lowest BCUT2D eigenvalue weighted by atomic mass is 10.1. The Hall–Kier alpha value is -2.83. The number of ether oxygens (including phenoxy) is 2. The van der Waals surface area contributed by atoms with Crippen LogP contribution in [0.15, 0.2) is 30.6 Å². The van der Waals surface area contributed by atoms with E-state index in [1.165, 1.54) is 6.33 Å². The van der Waals surface area contributed by atoms with Crippen LogP contribution in [0.4, 0.5) is 5.82 Å². The van der Waals surface area contributed by atoms with Gasteiger partial charge >= 0.3 is 0 Å². The van der Waals surface area contributed by atoms with E-state index in [1.807, 2.05) is 18.2 Å². The summed E-state index contributed by atoms with van der Waals surface area (Å²) in [5.74, 6) is 2.40. The summed E-state index contributed by atoms with van der Waals surface area (Å²) in [6, 6.07) is 7.50. The number of nitrogens with one attached hydrogen (secondary N) is 2. The summed E-state index contributed by atoms with van der Waals surface area (Å²) >= 11 is 0. The zero-order chi connectivity index (χ0) is 19.6. The predicted molar refractivity (Wildman–Crippen MR) is 106 cm³/mol. The van der Waals surface area contributed by atoms with E-state index in [2.05, 4.69) is 34.4 Å². The Balaban J connectivity index is 1.88. The summed E-state index contributed by atoms with van der Waals surface area (Å²) < 4.78 is 10.6. The number of amides is 1. The summed E-state index contributed by atoms with van der Waals surface area (Å²) in [6.45, 7) is 5.55. The highest BCUT2D eigenvalue weighted by atomic mass is 16.5. The van der Waals surface area contributed by atoms with E-state index >= 15 is 0 Å². The van der Waals surface area contributed by atoms with E-state index in [-0.39, 0.29) is 5.91 Å². The maximum atomic E-state index is 12.1. The zero-order valence-electron chi connectivity index (χ0n) is 16.4. The average molecular weight is 372 g/mol. The van der Waals surface area contributed by atoms with E-state index in [0.29, 0.717) is 42.0 Å². The van der Waals surface area contributed by atoms with E-state index in [0.717, 1.165) is 18.4 Å². The Morgan fingerprint density at radius 2 is 1.85 bits per heavy atom. The normalized spacial score (nSPS) is 10.6. The van der Waals surface area contributed by atoms with Gasteiger partial charge < -0.3 is 20.1 Å². The fraction of sp³-hybridized carbons (Fsp3) is 0.450. The van der Waals surface area contributed by atoms with Crippen molar-refractivity contribution in [1.82, 2.24) is 15.3 Å². The lowest BCUT2D eigenvalue weighted by molar-refractivity contribution is 0.0947. The van der Waals surface area contributed by atoms with Gasteiger partial charge in [-0.15, -0.1) is 0 Å². The van der Waals surface area contributed by atoms with E-state index in [4.69, 9.17) is 9.47 Å². The quantitative estimate of drug-likeness (QED) is 0.667. The summed E-state index contributed by atoms with van der Waals surface area (Å²) in [6.07, 6.45) is 3.11. The summed E-state index contributed by atoms with van der Waals surface area (Å²) in [7, 11) is 3.24. The summed E-state index contributed by atoms with van der Waals surface area (Å²) in [5.41, 5.74) is 1.48. The standard InChI is InChI=1S/C20H28N4O3/c1-14(2)7-9-22-20(25)16-12-19(24-13-23-16)21-10-8-15-5-6-17(26-3)18(11-15)27-4/h5-6,11-14H,7-10H2,1-4H3,(H,22,25)(H,21,23,24). The topological polar surface area (TPSA) is 85.4 Å². The minimum Gasteiger partial charge on any atom is -0.493 e. The van der Waals surface area contributed by atoms with Crippen molar-refractivity contribution in [2.24, 2.45) is 5.92 Å². The molecule has 1 aromatic carbocycles. The van der Waals surface area contributed by atoms with Crippen LogP contribution in [0, 0.1) is 5.92 Å². The molecule has 0 saturated heterocycles. The van der Waals surface area contributed by atoms with E-state index in [9.17, 15) is 4.79 Å². The monoisotopic (exact) mass is 372 g/mol. The van der Waals surface area contributed by atoms with Crippen LogP contribution in [0.1, 0.15) is 36.3 Å². The number of aromatic nitrogens is 2. The molecule has 0 unspecified atom stereocenters. The first-order valence-electron chi connectivity index (χ1n) is 9.08. The Bertz CT molecular complexity index is 750. The molecule has 0 aliphatic rings. The molecule has 2 N–H and O–H groups in total. The van der Waals surface area contributed by atoms with Gasteiger partial charge in [0.25, 0.3) is 5.91 Å². The molecule has 7 heteroatoms. The van der Waals surface area contributed by atoms with Gasteiger partial charge in [0.15, 0.2) is 11.5 Å². The maximum absolute atomic E-state index is 12.1. The largest absolute Gasteiger partial charge is 0.493 e. The van der Waals surface area contributed by atoms with Crippen molar-refractivity contribution in [3.63, 3.8) is 0 Å². The molecule has 1 aromatic heterocycles. The Kier molecular flexibility index (Phi) is 7.85. The predicted octanol–water partition coefficient (Wildman–Crippen LogP) is 2.92. The van der Waals surface area contributed by atoms with Crippen LogP contribution in [0.2, 0.25) is 0 Å². The molecule has 146 valence electrons. The fourth-order valence-electron chi connectivity index (χ4n) is 2.51. The van der Waals surface area contributed by atoms with Crippen LogP contribution in [0.5, 0.6) is 11.5 Å². The first-order valence-corrected chi connectivity index (χ1v) is 9.08. The van der Waals surface area contributed by atoms with Gasteiger partial charge in [-0.25, -0.2) is 9.97 Å². The molecule has 1 amide bonds. The van der Waals surface area contributed by atoms with Gasteiger partial charge in [0.2, 0.25) is 0 Å². The molecule has 2 aromatic rings. The van der Waals surface area contributed by atoms with Crippen molar-refractivity contribution in [3.8, 4) is 11.5 Å². The molecule has 2 rings (SSSR count). The first kappa shape index (κ1) is 20.5. The van der Waals surface area contributed by atoms with Crippen molar-refractivity contribution in [3.05, 3.63) is 41.9 Å². The van der Waals surface area contributed by atoms with Crippen LogP contribution >= 0.6 is 0 Å². The smallest absolute Gasteiger partial charge is 0.270 e. The van der Waals surface area contributed by atoms with Crippen molar-refractivity contribution in [2.45, 2.75) is 26.7 Å². The van der Waals surface area contributed by atoms with Gasteiger partial charge in [-0.2, -0.15) is 0 Å². The van der Waals surface area contributed by atoms with Crippen LogP contribution in [0.25, 0.3) is 0 Å². The Labute approximate surface area is 160 Å². The fourth-order valence-corrected chi connectivity index (χ4v) is 2.51. The minimum atomic E-state index is -0.180. The Morgan fingerprint density at radius 1 is 1.07 bits per heavy atom. The van der Waals surface area contributed by atoms with Crippen LogP contribution in [-0.4, -0.2) is 43.2 Å². The van der Waals surface area contributed by atoms with Gasteiger partial charge in [-0.3, -0.25) is 4.79 Å². The number of methoxy groups -OCH3 is 2. The molecule has 1 heterocycles. The third kappa shape index (κ3) is 6.44. The highest BCUT2D eigenvalue weighted by Crippen LogP contribution is 2.27. The molecule has 0 bridgehead atoms. The number of benzene rings is 1. The van der Waals surface area contributed by atoms with E-state index < -0.39 is 0 Å². The summed E-state index contributed by atoms with van der Waals surface area (Å²) in [5, 5.41) is 6.11. The van der Waals surface area contributed by atoms with E-state index in [1.54, 1.807) is 20.3 Å². The van der Waals surface area contributed by atoms with Crippen LogP contribution in [0.3, 0.4) is 0 Å². The number of carbonyl (C=O) groups is 1. The highest BCUT2D eigenvalue weighted by Gasteiger charge is 2.09. The van der Waals surface area contributed by atoms with Gasteiger partial charge in [0, 0.05) is 19.2 Å². The molecule has 0 aliphatic heterocycles. The third-order valence-electron chi connectivity index (χ3n) is 4.07. The molecular weight excluding hydrogens is 344 g/mol. The third-order valence-corrected chi connectivity index (χ3v) is 4.07. The van der Waals surface area contributed by atoms with Crippen molar-refractivity contribution < 1.29 is 14.3 Å². The second-order valence-electron chi connectivity index (χ2n) is 6.59. The van der Waals surface area contributed by atoms with Crippen molar-refractivity contribution >= 4 is 11.7 Å². The van der Waals surface area contributed by atoms with Gasteiger partial charge in [-0.1, -0.05) is 19.9 Å². The Morgan fingerprint density at radius 3 is 2.56 bits per heavy atom. The maximum Gasteiger partial charge on any atom is 0.270 e. The van der Waals surface area contributed by atoms with Gasteiger partial charge in [0.05, 0.1) is 14.2 Å². The lowest BCUT2D eigenvalue weighted by Gasteiger charge is -2.11. The lowest BCUT2D eigenvalue weighted by Crippen LogP contribution is -2.26. The second kappa shape index (κ2) is 10.4. The molecule has 0 aliphatic carbocycles. The molecule has 0 saturated carbocycles. The molecule has 0 fully saturated rings. The average Bonchev–Trinajstić information content (AvgIpc) is 2.67. The molecule has 27 heavy (non-hydrogen) atoms. The number of hydrogen-bond acceptors (Lipinski definition) is 6. The molecule has 0 spiro atoms. The molecule has 0 radical (unpaired) electrons. The number of nitrogens with zero attached hydrogens (tertiary/aromatic N) is 2. The zero-order valence-corrected chi connectivity index (χ0v) is 16.4. The van der Waals surface area contributed by atoms with Crippen LogP contribution in [-0.2, 0) is 6.42 Å². The number of carbonyl (C=O) groups excluding carboxylic acids is 1. The second-order valence-corrected chi connectivity index (χ2v) is 6.59. The van der Waals surface area contributed by atoms with Gasteiger partial charge in [0.1, 0.15) is 17.8 Å². The minimum absolute atomic E-state index is 0.180. The van der Waals surface area contributed by atoms with Crippen molar-refractivity contribution in [2.75, 3.05) is 32.6 Å².